The average molecular weight is 486 g/mol. The van der Waals surface area contributed by atoms with Crippen molar-refractivity contribution in [1.29, 1.82) is 0 Å². The molecule has 0 radical (unpaired) electrons. The third kappa shape index (κ3) is 4.38. The largest absolute Gasteiger partial charge is 0.371 e. The molecule has 1 aliphatic carbocycles. The number of hydrogen-bond acceptors (Lipinski definition) is 6. The molecule has 2 N–H and O–H groups in total. The quantitative estimate of drug-likeness (QED) is 0.404. The first-order valence-corrected chi connectivity index (χ1v) is 12.5. The molecule has 4 aromatic rings. The van der Waals surface area contributed by atoms with Crippen molar-refractivity contribution in [2.45, 2.75) is 38.3 Å². The van der Waals surface area contributed by atoms with Gasteiger partial charge in [-0.15, -0.1) is 0 Å². The van der Waals surface area contributed by atoms with E-state index < -0.39 is 0 Å². The molecule has 1 aliphatic heterocycles. The van der Waals surface area contributed by atoms with Gasteiger partial charge in [-0.05, 0) is 61.1 Å². The molecule has 1 saturated carbocycles. The van der Waals surface area contributed by atoms with Gasteiger partial charge >= 0.3 is 0 Å². The van der Waals surface area contributed by atoms with Gasteiger partial charge in [-0.3, -0.25) is 9.36 Å². The highest BCUT2D eigenvalue weighted by molar-refractivity contribution is 5.82. The highest BCUT2D eigenvalue weighted by Crippen LogP contribution is 2.41. The molecule has 1 saturated heterocycles. The molecule has 2 aliphatic rings. The van der Waals surface area contributed by atoms with Crippen molar-refractivity contribution in [1.82, 2.24) is 19.9 Å². The normalized spacial score (nSPS) is 17.9. The molecular weight excluding hydrogens is 457 g/mol. The summed E-state index contributed by atoms with van der Waals surface area (Å²) in [6.45, 7) is 4.67. The van der Waals surface area contributed by atoms with Crippen LogP contribution in [0.1, 0.15) is 42.9 Å². The van der Waals surface area contributed by atoms with Crippen LogP contribution >= 0.6 is 0 Å². The Morgan fingerprint density at radius 3 is 2.61 bits per heavy atom. The average Bonchev–Trinajstić information content (AvgIpc) is 3.75. The van der Waals surface area contributed by atoms with E-state index in [2.05, 4.69) is 20.6 Å². The van der Waals surface area contributed by atoms with Crippen LogP contribution in [0.15, 0.2) is 59.5 Å². The predicted molar refractivity (Wildman–Crippen MR) is 138 cm³/mol. The zero-order valence-electron chi connectivity index (χ0n) is 20.1. The van der Waals surface area contributed by atoms with E-state index in [4.69, 9.17) is 4.74 Å². The van der Waals surface area contributed by atoms with Gasteiger partial charge < -0.3 is 15.4 Å². The summed E-state index contributed by atoms with van der Waals surface area (Å²) in [4.78, 5) is 22.4. The van der Waals surface area contributed by atoms with Crippen LogP contribution in [0.4, 0.5) is 16.0 Å². The SMILES string of the molecule is CCn1c(=O)c(-c2ccc(C3CC3)cc2F)cc2cnc(Nc3ccc(C4CNCCO4)cc3)nc21. The van der Waals surface area contributed by atoms with E-state index in [-0.39, 0.29) is 17.5 Å². The number of benzene rings is 2. The minimum absolute atomic E-state index is 0.0487. The van der Waals surface area contributed by atoms with Crippen LogP contribution in [-0.2, 0) is 11.3 Å². The third-order valence-electron chi connectivity index (χ3n) is 6.94. The molecule has 7 nitrogen and oxygen atoms in total. The van der Waals surface area contributed by atoms with Crippen molar-refractivity contribution >= 4 is 22.7 Å². The van der Waals surface area contributed by atoms with Crippen LogP contribution in [0.3, 0.4) is 0 Å². The van der Waals surface area contributed by atoms with Crippen molar-refractivity contribution < 1.29 is 9.13 Å². The van der Waals surface area contributed by atoms with Crippen LogP contribution in [-0.4, -0.2) is 34.2 Å². The number of hydrogen-bond donors (Lipinski definition) is 2. The van der Waals surface area contributed by atoms with E-state index in [1.54, 1.807) is 29.0 Å². The molecule has 184 valence electrons. The molecule has 1 atom stereocenters. The summed E-state index contributed by atoms with van der Waals surface area (Å²) in [5, 5.41) is 7.24. The van der Waals surface area contributed by atoms with Crippen LogP contribution in [0, 0.1) is 5.82 Å². The Morgan fingerprint density at radius 2 is 1.92 bits per heavy atom. The lowest BCUT2D eigenvalue weighted by atomic mass is 10.0. The minimum atomic E-state index is -0.365. The first-order chi connectivity index (χ1) is 17.6. The number of anilines is 2. The number of ether oxygens (including phenoxy) is 1. The maximum Gasteiger partial charge on any atom is 0.260 e. The summed E-state index contributed by atoms with van der Waals surface area (Å²) in [6.07, 6.45) is 3.92. The molecule has 0 bridgehead atoms. The van der Waals surface area contributed by atoms with Gasteiger partial charge in [0.25, 0.3) is 5.56 Å². The van der Waals surface area contributed by atoms with Crippen LogP contribution in [0.25, 0.3) is 22.2 Å². The molecule has 8 heteroatoms. The number of pyridine rings is 1. The molecule has 2 fully saturated rings. The molecule has 2 aromatic carbocycles. The van der Waals surface area contributed by atoms with Crippen LogP contribution < -0.4 is 16.2 Å². The Labute approximate surface area is 208 Å². The lowest BCUT2D eigenvalue weighted by Crippen LogP contribution is -2.33. The van der Waals surface area contributed by atoms with Gasteiger partial charge in [0, 0.05) is 42.5 Å². The molecule has 0 amide bonds. The number of halogens is 1. The summed E-state index contributed by atoms with van der Waals surface area (Å²) in [5.74, 6) is 0.473. The maximum absolute atomic E-state index is 15.0. The first-order valence-electron chi connectivity index (χ1n) is 12.5. The molecule has 1 unspecified atom stereocenters. The smallest absolute Gasteiger partial charge is 0.260 e. The van der Waals surface area contributed by atoms with Crippen molar-refractivity contribution in [3.8, 4) is 11.1 Å². The molecule has 3 heterocycles. The summed E-state index contributed by atoms with van der Waals surface area (Å²) in [7, 11) is 0. The highest BCUT2D eigenvalue weighted by Gasteiger charge is 2.25. The fourth-order valence-corrected chi connectivity index (χ4v) is 4.82. The summed E-state index contributed by atoms with van der Waals surface area (Å²) < 4.78 is 22.4. The highest BCUT2D eigenvalue weighted by atomic mass is 19.1. The van der Waals surface area contributed by atoms with E-state index in [1.807, 2.05) is 37.3 Å². The molecule has 36 heavy (non-hydrogen) atoms. The second kappa shape index (κ2) is 9.44. The van der Waals surface area contributed by atoms with E-state index >= 15 is 0 Å². The number of aryl methyl sites for hydroxylation is 1. The van der Waals surface area contributed by atoms with E-state index in [0.29, 0.717) is 47.2 Å². The topological polar surface area (TPSA) is 81.1 Å². The Kier molecular flexibility index (Phi) is 5.99. The monoisotopic (exact) mass is 485 g/mol. The van der Waals surface area contributed by atoms with Crippen LogP contribution in [0.5, 0.6) is 0 Å². The lowest BCUT2D eigenvalue weighted by Gasteiger charge is -2.24. The Hall–Kier alpha value is -3.62. The van der Waals surface area contributed by atoms with Gasteiger partial charge in [0.05, 0.1) is 18.3 Å². The van der Waals surface area contributed by atoms with Crippen LogP contribution in [0.2, 0.25) is 0 Å². The first kappa shape index (κ1) is 22.8. The molecule has 0 spiro atoms. The van der Waals surface area contributed by atoms with E-state index in [9.17, 15) is 9.18 Å². The standard InChI is InChI=1S/C28H28FN5O2/c1-2-34-26-20(13-23(27(34)35)22-10-7-19(14-24(22)29)17-3-4-17)15-31-28(33-26)32-21-8-5-18(6-9-21)25-16-30-11-12-36-25/h5-10,13-15,17,25,30H,2-4,11-12,16H2,1H3,(H,31,32,33). The van der Waals surface area contributed by atoms with Gasteiger partial charge in [-0.2, -0.15) is 4.98 Å². The van der Waals surface area contributed by atoms with Crippen molar-refractivity contribution in [3.05, 3.63) is 82.0 Å². The minimum Gasteiger partial charge on any atom is -0.371 e. The number of nitrogens with zero attached hydrogens (tertiary/aromatic N) is 3. The van der Waals surface area contributed by atoms with Gasteiger partial charge in [0.15, 0.2) is 0 Å². The molecule has 2 aromatic heterocycles. The van der Waals surface area contributed by atoms with Crippen molar-refractivity contribution in [2.24, 2.45) is 0 Å². The summed E-state index contributed by atoms with van der Waals surface area (Å²) in [5.41, 5.74) is 3.83. The van der Waals surface area contributed by atoms with Crippen molar-refractivity contribution in [2.75, 3.05) is 25.0 Å². The Morgan fingerprint density at radius 1 is 1.11 bits per heavy atom. The number of aromatic nitrogens is 3. The summed E-state index contributed by atoms with van der Waals surface area (Å²) in [6, 6.07) is 14.9. The van der Waals surface area contributed by atoms with E-state index in [1.165, 1.54) is 0 Å². The predicted octanol–water partition coefficient (Wildman–Crippen LogP) is 4.90. The van der Waals surface area contributed by atoms with Gasteiger partial charge in [0.1, 0.15) is 11.5 Å². The molecule has 6 rings (SSSR count). The van der Waals surface area contributed by atoms with Gasteiger partial charge in [0.2, 0.25) is 5.95 Å². The van der Waals surface area contributed by atoms with Crippen molar-refractivity contribution in [3.63, 3.8) is 0 Å². The number of nitrogens with one attached hydrogen (secondary N) is 2. The number of rotatable bonds is 6. The number of morpholine rings is 1. The zero-order chi connectivity index (χ0) is 24.6. The Bertz CT molecular complexity index is 1470. The molecular formula is C28H28FN5O2. The zero-order valence-corrected chi connectivity index (χ0v) is 20.1. The number of fused-ring (bicyclic) bond motifs is 1. The van der Waals surface area contributed by atoms with Gasteiger partial charge in [-0.1, -0.05) is 24.3 Å². The van der Waals surface area contributed by atoms with E-state index in [0.717, 1.165) is 42.7 Å². The Balaban J connectivity index is 1.30. The second-order valence-corrected chi connectivity index (χ2v) is 9.40. The fraction of sp³-hybridized carbons (Fsp3) is 0.321. The fourth-order valence-electron chi connectivity index (χ4n) is 4.82. The summed E-state index contributed by atoms with van der Waals surface area (Å²) >= 11 is 0. The van der Waals surface area contributed by atoms with Gasteiger partial charge in [-0.25, -0.2) is 9.37 Å². The third-order valence-corrected chi connectivity index (χ3v) is 6.94. The second-order valence-electron chi connectivity index (χ2n) is 9.40. The maximum atomic E-state index is 15.0. The lowest BCUT2D eigenvalue weighted by molar-refractivity contribution is 0.0277.